The molecule has 2 unspecified atom stereocenters. The number of ether oxygens (including phenoxy) is 1. The standard InChI is InChI=1S/C20H26N2O5S/c1-13-8-14(2)11-22(10-13)28(24,25)18-7-5-6-17(9-18)20(23)26-12-19-15(3)21-27-16(19)4/h5-7,9,13-14H,8,10-12H2,1-4H3. The van der Waals surface area contributed by atoms with E-state index >= 15 is 0 Å². The second-order valence-corrected chi connectivity index (χ2v) is 9.61. The van der Waals surface area contributed by atoms with Crippen molar-refractivity contribution >= 4 is 16.0 Å². The van der Waals surface area contributed by atoms with Crippen LogP contribution in [0.5, 0.6) is 0 Å². The van der Waals surface area contributed by atoms with Crippen molar-refractivity contribution in [2.75, 3.05) is 13.1 Å². The Morgan fingerprint density at radius 1 is 1.25 bits per heavy atom. The molecule has 8 heteroatoms. The molecule has 28 heavy (non-hydrogen) atoms. The van der Waals surface area contributed by atoms with E-state index in [9.17, 15) is 13.2 Å². The van der Waals surface area contributed by atoms with Gasteiger partial charge < -0.3 is 9.26 Å². The highest BCUT2D eigenvalue weighted by atomic mass is 32.2. The summed E-state index contributed by atoms with van der Waals surface area (Å²) in [6.07, 6.45) is 1.01. The molecule has 2 atom stereocenters. The van der Waals surface area contributed by atoms with Gasteiger partial charge in [0.15, 0.2) is 0 Å². The van der Waals surface area contributed by atoms with Crippen molar-refractivity contribution in [3.63, 3.8) is 0 Å². The molecule has 0 N–H and O–H groups in total. The molecule has 0 radical (unpaired) electrons. The lowest BCUT2D eigenvalue weighted by atomic mass is 9.94. The number of esters is 1. The molecular formula is C20H26N2O5S. The minimum absolute atomic E-state index is 0.0259. The van der Waals surface area contributed by atoms with Gasteiger partial charge in [-0.1, -0.05) is 25.1 Å². The third-order valence-electron chi connectivity index (χ3n) is 5.07. The van der Waals surface area contributed by atoms with E-state index in [4.69, 9.17) is 9.26 Å². The second kappa shape index (κ2) is 8.05. The highest BCUT2D eigenvalue weighted by Gasteiger charge is 2.32. The van der Waals surface area contributed by atoms with Gasteiger partial charge in [-0.25, -0.2) is 13.2 Å². The molecule has 0 spiro atoms. The number of hydrogen-bond acceptors (Lipinski definition) is 6. The van der Waals surface area contributed by atoms with Crippen LogP contribution in [0.25, 0.3) is 0 Å². The zero-order valence-electron chi connectivity index (χ0n) is 16.6. The number of rotatable bonds is 5. The van der Waals surface area contributed by atoms with Crippen molar-refractivity contribution in [1.29, 1.82) is 0 Å². The van der Waals surface area contributed by atoms with Gasteiger partial charge in [0.1, 0.15) is 12.4 Å². The van der Waals surface area contributed by atoms with Crippen LogP contribution in [-0.2, 0) is 21.4 Å². The van der Waals surface area contributed by atoms with Gasteiger partial charge in [0.05, 0.1) is 21.7 Å². The van der Waals surface area contributed by atoms with Gasteiger partial charge in [-0.05, 0) is 50.3 Å². The maximum Gasteiger partial charge on any atom is 0.338 e. The number of nitrogens with zero attached hydrogens (tertiary/aromatic N) is 2. The summed E-state index contributed by atoms with van der Waals surface area (Å²) in [5, 5.41) is 3.83. The zero-order chi connectivity index (χ0) is 20.5. The smallest absolute Gasteiger partial charge is 0.338 e. The number of piperidine rings is 1. The van der Waals surface area contributed by atoms with Crippen LogP contribution in [0.2, 0.25) is 0 Å². The summed E-state index contributed by atoms with van der Waals surface area (Å²) in [5.74, 6) is 0.621. The Hall–Kier alpha value is -2.19. The normalized spacial score (nSPS) is 20.9. The number of hydrogen-bond donors (Lipinski definition) is 0. The average Bonchev–Trinajstić information content (AvgIpc) is 2.97. The van der Waals surface area contributed by atoms with Crippen LogP contribution < -0.4 is 0 Å². The lowest BCUT2D eigenvalue weighted by Crippen LogP contribution is -2.42. The van der Waals surface area contributed by atoms with E-state index in [1.165, 1.54) is 16.4 Å². The number of aromatic nitrogens is 1. The van der Waals surface area contributed by atoms with E-state index in [0.29, 0.717) is 41.9 Å². The fourth-order valence-corrected chi connectivity index (χ4v) is 5.39. The van der Waals surface area contributed by atoms with Crippen LogP contribution in [0.1, 0.15) is 47.6 Å². The first-order valence-corrected chi connectivity index (χ1v) is 10.8. The van der Waals surface area contributed by atoms with Crippen LogP contribution in [0.3, 0.4) is 0 Å². The van der Waals surface area contributed by atoms with Crippen LogP contribution in [-0.4, -0.2) is 36.9 Å². The number of carbonyl (C=O) groups is 1. The largest absolute Gasteiger partial charge is 0.457 e. The zero-order valence-corrected chi connectivity index (χ0v) is 17.5. The summed E-state index contributed by atoms with van der Waals surface area (Å²) in [6.45, 7) is 8.64. The Morgan fingerprint density at radius 2 is 1.93 bits per heavy atom. The third kappa shape index (κ3) is 4.28. The molecule has 1 aliphatic heterocycles. The number of sulfonamides is 1. The molecule has 3 rings (SSSR count). The van der Waals surface area contributed by atoms with Crippen molar-refractivity contribution in [2.24, 2.45) is 11.8 Å². The van der Waals surface area contributed by atoms with Crippen molar-refractivity contribution < 1.29 is 22.5 Å². The topological polar surface area (TPSA) is 89.7 Å². The van der Waals surface area contributed by atoms with Crippen molar-refractivity contribution in [1.82, 2.24) is 9.46 Å². The van der Waals surface area contributed by atoms with Gasteiger partial charge in [0.25, 0.3) is 0 Å². The van der Waals surface area contributed by atoms with Gasteiger partial charge in [0, 0.05) is 13.1 Å². The van der Waals surface area contributed by atoms with E-state index in [1.807, 2.05) is 0 Å². The summed E-state index contributed by atoms with van der Waals surface area (Å²) < 4.78 is 38.0. The number of carbonyl (C=O) groups excluding carboxylic acids is 1. The maximum absolute atomic E-state index is 13.0. The van der Waals surface area contributed by atoms with Gasteiger partial charge in [-0.3, -0.25) is 0 Å². The fraction of sp³-hybridized carbons (Fsp3) is 0.500. The molecule has 1 aromatic heterocycles. The van der Waals surface area contributed by atoms with Gasteiger partial charge in [-0.15, -0.1) is 0 Å². The quantitative estimate of drug-likeness (QED) is 0.708. The van der Waals surface area contributed by atoms with Crippen LogP contribution in [0.4, 0.5) is 0 Å². The summed E-state index contributed by atoms with van der Waals surface area (Å²) in [4.78, 5) is 12.6. The first-order chi connectivity index (χ1) is 13.2. The molecule has 0 aliphatic carbocycles. The minimum atomic E-state index is -3.65. The molecule has 0 amide bonds. The van der Waals surface area contributed by atoms with Gasteiger partial charge >= 0.3 is 5.97 Å². The fourth-order valence-electron chi connectivity index (χ4n) is 3.66. The maximum atomic E-state index is 13.0. The predicted octanol–water partition coefficient (Wildman–Crippen LogP) is 3.32. The molecule has 1 aliphatic rings. The predicted molar refractivity (Wildman–Crippen MR) is 103 cm³/mol. The van der Waals surface area contributed by atoms with Gasteiger partial charge in [0.2, 0.25) is 10.0 Å². The molecular weight excluding hydrogens is 380 g/mol. The Kier molecular flexibility index (Phi) is 5.90. The van der Waals surface area contributed by atoms with Gasteiger partial charge in [-0.2, -0.15) is 4.31 Å². The Morgan fingerprint density at radius 3 is 2.54 bits per heavy atom. The molecule has 0 bridgehead atoms. The summed E-state index contributed by atoms with van der Waals surface area (Å²) in [7, 11) is -3.65. The molecule has 0 saturated carbocycles. The minimum Gasteiger partial charge on any atom is -0.457 e. The molecule has 2 aromatic rings. The third-order valence-corrected chi connectivity index (χ3v) is 6.90. The van der Waals surface area contributed by atoms with E-state index in [1.54, 1.807) is 26.0 Å². The lowest BCUT2D eigenvalue weighted by molar-refractivity contribution is 0.0470. The number of benzene rings is 1. The van der Waals surface area contributed by atoms with E-state index in [2.05, 4.69) is 19.0 Å². The highest BCUT2D eigenvalue weighted by Crippen LogP contribution is 2.27. The second-order valence-electron chi connectivity index (χ2n) is 7.67. The highest BCUT2D eigenvalue weighted by molar-refractivity contribution is 7.89. The van der Waals surface area contributed by atoms with Crippen molar-refractivity contribution in [3.05, 3.63) is 46.8 Å². The van der Waals surface area contributed by atoms with Crippen LogP contribution in [0.15, 0.2) is 33.7 Å². The Bertz CT molecular complexity index is 937. The summed E-state index contributed by atoms with van der Waals surface area (Å²) in [5.41, 5.74) is 1.58. The summed E-state index contributed by atoms with van der Waals surface area (Å²) >= 11 is 0. The SMILES string of the molecule is Cc1noc(C)c1COC(=O)c1cccc(S(=O)(=O)N2CC(C)CC(C)C2)c1. The molecule has 1 saturated heterocycles. The monoisotopic (exact) mass is 406 g/mol. The number of aryl methyl sites for hydroxylation is 2. The molecule has 152 valence electrons. The molecule has 1 aromatic carbocycles. The van der Waals surface area contributed by atoms with Crippen molar-refractivity contribution in [3.8, 4) is 0 Å². The molecule has 2 heterocycles. The summed E-state index contributed by atoms with van der Waals surface area (Å²) in [6, 6.07) is 6.02. The van der Waals surface area contributed by atoms with E-state index < -0.39 is 16.0 Å². The lowest BCUT2D eigenvalue weighted by Gasteiger charge is -2.34. The van der Waals surface area contributed by atoms with Crippen LogP contribution in [0, 0.1) is 25.7 Å². The first kappa shape index (κ1) is 20.5. The van der Waals surface area contributed by atoms with E-state index in [-0.39, 0.29) is 17.1 Å². The Balaban J connectivity index is 1.77. The average molecular weight is 407 g/mol. The molecule has 1 fully saturated rings. The van der Waals surface area contributed by atoms with Crippen LogP contribution >= 0.6 is 0 Å². The molecule has 7 nitrogen and oxygen atoms in total. The Labute approximate surface area is 165 Å². The van der Waals surface area contributed by atoms with Crippen molar-refractivity contribution in [2.45, 2.75) is 45.6 Å². The van der Waals surface area contributed by atoms with E-state index in [0.717, 1.165) is 6.42 Å². The first-order valence-electron chi connectivity index (χ1n) is 9.37.